The Balaban J connectivity index is 2.30. The molecule has 0 bridgehead atoms. The molecule has 1 rings (SSSR count). The lowest BCUT2D eigenvalue weighted by molar-refractivity contribution is -0.140. The number of rotatable bonds is 6. The Kier molecular flexibility index (Phi) is 5.26. The molecule has 0 spiro atoms. The maximum atomic E-state index is 10.8. The van der Waals surface area contributed by atoms with Gasteiger partial charge < -0.3 is 5.11 Å². The SMILES string of the molecule is CCC(CSCc1ccccc1)C(=O)O. The molecule has 3 heteroatoms. The molecule has 0 aliphatic rings. The molecule has 0 fully saturated rings. The fraction of sp³-hybridized carbons (Fsp3) is 0.417. The molecule has 15 heavy (non-hydrogen) atoms. The number of carboxylic acids is 1. The summed E-state index contributed by atoms with van der Waals surface area (Å²) >= 11 is 1.69. The molecule has 0 saturated heterocycles. The van der Waals surface area contributed by atoms with Crippen LogP contribution in [-0.2, 0) is 10.5 Å². The van der Waals surface area contributed by atoms with Crippen molar-refractivity contribution >= 4 is 17.7 Å². The molecule has 1 N–H and O–H groups in total. The Morgan fingerprint density at radius 2 is 2.07 bits per heavy atom. The molecule has 0 heterocycles. The molecule has 0 aliphatic carbocycles. The lowest BCUT2D eigenvalue weighted by Crippen LogP contribution is -2.15. The third kappa shape index (κ3) is 4.38. The zero-order valence-electron chi connectivity index (χ0n) is 8.85. The van der Waals surface area contributed by atoms with Gasteiger partial charge >= 0.3 is 5.97 Å². The molecule has 1 aromatic rings. The number of thioether (sulfide) groups is 1. The Labute approximate surface area is 94.7 Å². The third-order valence-electron chi connectivity index (χ3n) is 2.27. The molecular formula is C12H16O2S. The van der Waals surface area contributed by atoms with E-state index in [1.54, 1.807) is 11.8 Å². The van der Waals surface area contributed by atoms with Gasteiger partial charge in [-0.05, 0) is 12.0 Å². The molecule has 82 valence electrons. The van der Waals surface area contributed by atoms with Crippen molar-refractivity contribution in [1.82, 2.24) is 0 Å². The van der Waals surface area contributed by atoms with Crippen LogP contribution in [0, 0.1) is 5.92 Å². The van der Waals surface area contributed by atoms with Crippen LogP contribution in [-0.4, -0.2) is 16.8 Å². The molecule has 0 saturated carbocycles. The molecule has 1 aromatic carbocycles. The van der Waals surface area contributed by atoms with Gasteiger partial charge in [-0.1, -0.05) is 37.3 Å². The fourth-order valence-electron chi connectivity index (χ4n) is 1.26. The van der Waals surface area contributed by atoms with Crippen LogP contribution in [0.15, 0.2) is 30.3 Å². The maximum Gasteiger partial charge on any atom is 0.307 e. The molecule has 1 unspecified atom stereocenters. The number of hydrogen-bond acceptors (Lipinski definition) is 2. The second kappa shape index (κ2) is 6.51. The first-order valence-corrected chi connectivity index (χ1v) is 6.24. The van der Waals surface area contributed by atoms with E-state index in [2.05, 4.69) is 12.1 Å². The maximum absolute atomic E-state index is 10.8. The van der Waals surface area contributed by atoms with Gasteiger partial charge in [0.25, 0.3) is 0 Å². The summed E-state index contributed by atoms with van der Waals surface area (Å²) in [6.45, 7) is 1.92. The quantitative estimate of drug-likeness (QED) is 0.807. The summed E-state index contributed by atoms with van der Waals surface area (Å²) in [7, 11) is 0. The number of hydrogen-bond donors (Lipinski definition) is 1. The van der Waals surface area contributed by atoms with Crippen molar-refractivity contribution < 1.29 is 9.90 Å². The van der Waals surface area contributed by atoms with Gasteiger partial charge in [0.2, 0.25) is 0 Å². The van der Waals surface area contributed by atoms with Gasteiger partial charge in [-0.3, -0.25) is 4.79 Å². The smallest absolute Gasteiger partial charge is 0.307 e. The van der Waals surface area contributed by atoms with E-state index in [0.29, 0.717) is 12.2 Å². The first kappa shape index (κ1) is 12.1. The first-order chi connectivity index (χ1) is 7.24. The normalized spacial score (nSPS) is 12.3. The molecule has 0 aromatic heterocycles. The van der Waals surface area contributed by atoms with E-state index in [0.717, 1.165) is 5.75 Å². The summed E-state index contributed by atoms with van der Waals surface area (Å²) < 4.78 is 0. The van der Waals surface area contributed by atoms with Gasteiger partial charge in [-0.25, -0.2) is 0 Å². The van der Waals surface area contributed by atoms with Crippen molar-refractivity contribution in [3.05, 3.63) is 35.9 Å². The summed E-state index contributed by atoms with van der Waals surface area (Å²) in [5, 5.41) is 8.86. The van der Waals surface area contributed by atoms with Crippen LogP contribution in [0.1, 0.15) is 18.9 Å². The highest BCUT2D eigenvalue weighted by molar-refractivity contribution is 7.98. The lowest BCUT2D eigenvalue weighted by Gasteiger charge is -2.08. The van der Waals surface area contributed by atoms with Gasteiger partial charge in [-0.2, -0.15) is 11.8 Å². The second-order valence-electron chi connectivity index (χ2n) is 3.44. The Morgan fingerprint density at radius 1 is 1.40 bits per heavy atom. The van der Waals surface area contributed by atoms with Gasteiger partial charge in [-0.15, -0.1) is 0 Å². The zero-order chi connectivity index (χ0) is 11.1. The van der Waals surface area contributed by atoms with Crippen LogP contribution in [0.4, 0.5) is 0 Å². The van der Waals surface area contributed by atoms with Gasteiger partial charge in [0.05, 0.1) is 5.92 Å². The Bertz CT molecular complexity index is 298. The zero-order valence-corrected chi connectivity index (χ0v) is 9.67. The molecular weight excluding hydrogens is 208 g/mol. The summed E-state index contributed by atoms with van der Waals surface area (Å²) in [6.07, 6.45) is 0.705. The molecule has 0 amide bonds. The minimum absolute atomic E-state index is 0.210. The number of carboxylic acid groups (broad SMARTS) is 1. The first-order valence-electron chi connectivity index (χ1n) is 5.08. The molecule has 1 atom stereocenters. The van der Waals surface area contributed by atoms with E-state index in [4.69, 9.17) is 5.11 Å². The van der Waals surface area contributed by atoms with Crippen molar-refractivity contribution in [1.29, 1.82) is 0 Å². The van der Waals surface area contributed by atoms with Gasteiger partial charge in [0.15, 0.2) is 0 Å². The van der Waals surface area contributed by atoms with Crippen LogP contribution < -0.4 is 0 Å². The van der Waals surface area contributed by atoms with Crippen molar-refractivity contribution in [2.75, 3.05) is 5.75 Å². The summed E-state index contributed by atoms with van der Waals surface area (Å²) in [6, 6.07) is 10.1. The summed E-state index contributed by atoms with van der Waals surface area (Å²) in [5.74, 6) is 0.697. The average molecular weight is 224 g/mol. The second-order valence-corrected chi connectivity index (χ2v) is 4.47. The monoisotopic (exact) mass is 224 g/mol. The number of aliphatic carboxylic acids is 1. The fourth-order valence-corrected chi connectivity index (χ4v) is 2.47. The van der Waals surface area contributed by atoms with Gasteiger partial charge in [0, 0.05) is 11.5 Å². The molecule has 2 nitrogen and oxygen atoms in total. The lowest BCUT2D eigenvalue weighted by atomic mass is 10.1. The predicted molar refractivity (Wildman–Crippen MR) is 64.0 cm³/mol. The van der Waals surface area contributed by atoms with Crippen LogP contribution >= 0.6 is 11.8 Å². The highest BCUT2D eigenvalue weighted by Crippen LogP contribution is 2.17. The third-order valence-corrected chi connectivity index (χ3v) is 3.45. The van der Waals surface area contributed by atoms with E-state index >= 15 is 0 Å². The van der Waals surface area contributed by atoms with E-state index in [1.165, 1.54) is 5.56 Å². The molecule has 0 aliphatic heterocycles. The summed E-state index contributed by atoms with van der Waals surface area (Å²) in [4.78, 5) is 10.8. The van der Waals surface area contributed by atoms with Crippen LogP contribution in [0.2, 0.25) is 0 Å². The molecule has 0 radical (unpaired) electrons. The number of benzene rings is 1. The minimum atomic E-state index is -0.682. The Morgan fingerprint density at radius 3 is 2.60 bits per heavy atom. The largest absolute Gasteiger partial charge is 0.481 e. The Hall–Kier alpha value is -0.960. The summed E-state index contributed by atoms with van der Waals surface area (Å²) in [5.41, 5.74) is 1.25. The van der Waals surface area contributed by atoms with Crippen LogP contribution in [0.3, 0.4) is 0 Å². The standard InChI is InChI=1S/C12H16O2S/c1-2-11(12(13)14)9-15-8-10-6-4-3-5-7-10/h3-7,11H,2,8-9H2,1H3,(H,13,14). The van der Waals surface area contributed by atoms with E-state index in [1.807, 2.05) is 25.1 Å². The topological polar surface area (TPSA) is 37.3 Å². The highest BCUT2D eigenvalue weighted by atomic mass is 32.2. The number of carbonyl (C=O) groups is 1. The van der Waals surface area contributed by atoms with Crippen LogP contribution in [0.5, 0.6) is 0 Å². The average Bonchev–Trinajstić information content (AvgIpc) is 2.25. The van der Waals surface area contributed by atoms with Crippen molar-refractivity contribution in [3.8, 4) is 0 Å². The van der Waals surface area contributed by atoms with Crippen molar-refractivity contribution in [2.24, 2.45) is 5.92 Å². The van der Waals surface area contributed by atoms with Crippen molar-refractivity contribution in [2.45, 2.75) is 19.1 Å². The predicted octanol–water partition coefficient (Wildman–Crippen LogP) is 3.03. The van der Waals surface area contributed by atoms with Gasteiger partial charge in [0.1, 0.15) is 0 Å². The highest BCUT2D eigenvalue weighted by Gasteiger charge is 2.14. The van der Waals surface area contributed by atoms with Crippen molar-refractivity contribution in [3.63, 3.8) is 0 Å². The van der Waals surface area contributed by atoms with E-state index in [-0.39, 0.29) is 5.92 Å². The van der Waals surface area contributed by atoms with Crippen LogP contribution in [0.25, 0.3) is 0 Å². The van der Waals surface area contributed by atoms with E-state index < -0.39 is 5.97 Å². The van der Waals surface area contributed by atoms with E-state index in [9.17, 15) is 4.79 Å². The minimum Gasteiger partial charge on any atom is -0.481 e.